The number of hydrogen-bond acceptors (Lipinski definition) is 5. The molecule has 0 amide bonds. The van der Waals surface area contributed by atoms with Crippen LogP contribution in [0.25, 0.3) is 0 Å². The van der Waals surface area contributed by atoms with Crippen molar-refractivity contribution in [2.75, 3.05) is 18.6 Å². The molecule has 0 aliphatic heterocycles. The molecule has 0 aliphatic carbocycles. The van der Waals surface area contributed by atoms with Gasteiger partial charge >= 0.3 is 0 Å². The third-order valence-corrected chi connectivity index (χ3v) is 1.72. The van der Waals surface area contributed by atoms with E-state index in [1.165, 1.54) is 0 Å². The second-order valence-electron chi connectivity index (χ2n) is 2.12. The molecule has 0 heterocycles. The van der Waals surface area contributed by atoms with Crippen molar-refractivity contribution in [1.82, 2.24) is 11.0 Å². The molecule has 7 nitrogen and oxygen atoms in total. The van der Waals surface area contributed by atoms with Gasteiger partial charge in [-0.3, -0.25) is 15.7 Å². The van der Waals surface area contributed by atoms with Crippen LogP contribution in [0.1, 0.15) is 0 Å². The highest BCUT2D eigenvalue weighted by Gasteiger charge is 2.00. The second-order valence-corrected chi connectivity index (χ2v) is 4.38. The average Bonchev–Trinajstić information content (AvgIpc) is 1.83. The van der Waals surface area contributed by atoms with Crippen LogP contribution in [0, 0.1) is 5.41 Å². The van der Waals surface area contributed by atoms with Gasteiger partial charge in [0, 0.05) is 6.26 Å². The van der Waals surface area contributed by atoms with E-state index in [1.807, 2.05) is 0 Å². The zero-order chi connectivity index (χ0) is 9.61. The van der Waals surface area contributed by atoms with E-state index in [9.17, 15) is 8.42 Å². The normalized spacial score (nSPS) is 11.1. The van der Waals surface area contributed by atoms with Crippen molar-refractivity contribution in [3.05, 3.63) is 0 Å². The number of guanidine groups is 1. The lowest BCUT2D eigenvalue weighted by atomic mass is 10.9. The fourth-order valence-corrected chi connectivity index (χ4v) is 0.721. The van der Waals surface area contributed by atoms with Gasteiger partial charge < -0.3 is 5.73 Å². The highest BCUT2D eigenvalue weighted by molar-refractivity contribution is 7.90. The predicted molar refractivity (Wildman–Crippen MR) is 43.8 cm³/mol. The molecule has 0 rings (SSSR count). The molecule has 0 saturated carbocycles. The summed E-state index contributed by atoms with van der Waals surface area (Å²) in [5.41, 5.74) is 9.09. The van der Waals surface area contributed by atoms with Crippen LogP contribution in [0.2, 0.25) is 0 Å². The van der Waals surface area contributed by atoms with Crippen LogP contribution in [-0.4, -0.2) is 33.0 Å². The third-order valence-electron chi connectivity index (χ3n) is 0.814. The number of hydrazine groups is 1. The van der Waals surface area contributed by atoms with Gasteiger partial charge in [0.2, 0.25) is 5.96 Å². The number of hydrogen-bond donors (Lipinski definition) is 4. The van der Waals surface area contributed by atoms with Crippen molar-refractivity contribution in [1.29, 1.82) is 5.41 Å². The number of nitrogens with one attached hydrogen (secondary N) is 3. The van der Waals surface area contributed by atoms with Gasteiger partial charge in [-0.1, -0.05) is 0 Å². The van der Waals surface area contributed by atoms with Crippen LogP contribution in [0.5, 0.6) is 0 Å². The van der Waals surface area contributed by atoms with Gasteiger partial charge in [-0.15, -0.1) is 5.59 Å². The monoisotopic (exact) mass is 196 g/mol. The molecule has 0 atom stereocenters. The summed E-state index contributed by atoms with van der Waals surface area (Å²) in [6, 6.07) is 0. The van der Waals surface area contributed by atoms with E-state index >= 15 is 0 Å². The summed E-state index contributed by atoms with van der Waals surface area (Å²) in [7, 11) is -3.00. The van der Waals surface area contributed by atoms with Gasteiger partial charge in [-0.25, -0.2) is 8.42 Å². The maximum absolute atomic E-state index is 10.5. The zero-order valence-corrected chi connectivity index (χ0v) is 7.44. The summed E-state index contributed by atoms with van der Waals surface area (Å²) in [4.78, 5) is 4.56. The first-order valence-electron chi connectivity index (χ1n) is 3.06. The highest BCUT2D eigenvalue weighted by atomic mass is 32.2. The first kappa shape index (κ1) is 11.1. The minimum Gasteiger partial charge on any atom is -0.369 e. The molecular formula is C4H12N4O3S. The fraction of sp³-hybridized carbons (Fsp3) is 0.750. The van der Waals surface area contributed by atoms with Gasteiger partial charge in [-0.05, 0) is 0 Å². The molecule has 0 saturated heterocycles. The Labute approximate surface area is 70.6 Å². The number of rotatable bonds is 5. The molecule has 0 aromatic rings. The van der Waals surface area contributed by atoms with Crippen molar-refractivity contribution in [3.8, 4) is 0 Å². The Kier molecular flexibility index (Phi) is 4.55. The lowest BCUT2D eigenvalue weighted by molar-refractivity contribution is 0.0354. The largest absolute Gasteiger partial charge is 0.369 e. The van der Waals surface area contributed by atoms with E-state index in [-0.39, 0.29) is 18.3 Å². The van der Waals surface area contributed by atoms with E-state index in [2.05, 4.69) is 15.9 Å². The maximum atomic E-state index is 10.5. The quantitative estimate of drug-likeness (QED) is 0.174. The molecule has 0 aromatic carbocycles. The Hall–Kier alpha value is -0.860. The van der Waals surface area contributed by atoms with Crippen LogP contribution < -0.4 is 16.7 Å². The van der Waals surface area contributed by atoms with Crippen LogP contribution >= 0.6 is 0 Å². The maximum Gasteiger partial charge on any atom is 0.202 e. The molecule has 8 heteroatoms. The molecule has 0 spiro atoms. The van der Waals surface area contributed by atoms with Crippen LogP contribution in [0.15, 0.2) is 0 Å². The Balaban J connectivity index is 3.29. The molecule has 0 radical (unpaired) electrons. The third kappa shape index (κ3) is 9.14. The Morgan fingerprint density at radius 1 is 1.67 bits per heavy atom. The van der Waals surface area contributed by atoms with Gasteiger partial charge in [-0.2, -0.15) is 0 Å². The van der Waals surface area contributed by atoms with E-state index in [4.69, 9.17) is 11.1 Å². The predicted octanol–water partition coefficient (Wildman–Crippen LogP) is -2.05. The zero-order valence-electron chi connectivity index (χ0n) is 6.62. The van der Waals surface area contributed by atoms with E-state index < -0.39 is 9.84 Å². The molecule has 0 unspecified atom stereocenters. The van der Waals surface area contributed by atoms with Crippen molar-refractivity contribution >= 4 is 15.8 Å². The van der Waals surface area contributed by atoms with Crippen molar-refractivity contribution < 1.29 is 13.3 Å². The summed E-state index contributed by atoms with van der Waals surface area (Å²) in [5.74, 6) is -0.395. The summed E-state index contributed by atoms with van der Waals surface area (Å²) in [5, 5.41) is 6.66. The van der Waals surface area contributed by atoms with E-state index in [1.54, 1.807) is 0 Å². The van der Waals surface area contributed by atoms with E-state index in [0.717, 1.165) is 6.26 Å². The smallest absolute Gasteiger partial charge is 0.202 e. The summed E-state index contributed by atoms with van der Waals surface area (Å²) in [6.07, 6.45) is 1.11. The van der Waals surface area contributed by atoms with Crippen LogP contribution in [0.4, 0.5) is 0 Å². The Morgan fingerprint density at radius 3 is 2.67 bits per heavy atom. The summed E-state index contributed by atoms with van der Waals surface area (Å²) < 4.78 is 21.1. The van der Waals surface area contributed by atoms with E-state index in [0.29, 0.717) is 0 Å². The van der Waals surface area contributed by atoms with Gasteiger partial charge in [0.15, 0.2) is 0 Å². The lowest BCUT2D eigenvalue weighted by Gasteiger charge is -2.05. The van der Waals surface area contributed by atoms with Gasteiger partial charge in [0.05, 0.1) is 12.4 Å². The minimum absolute atomic E-state index is 0.000880. The summed E-state index contributed by atoms with van der Waals surface area (Å²) in [6.45, 7) is -0.000880. The highest BCUT2D eigenvalue weighted by Crippen LogP contribution is 1.80. The molecule has 0 fully saturated rings. The number of nitrogens with two attached hydrogens (primary N) is 1. The van der Waals surface area contributed by atoms with Crippen LogP contribution in [0.3, 0.4) is 0 Å². The lowest BCUT2D eigenvalue weighted by Crippen LogP contribution is -2.42. The molecule has 0 aliphatic rings. The summed E-state index contributed by atoms with van der Waals surface area (Å²) >= 11 is 0. The second kappa shape index (κ2) is 4.91. The molecular weight excluding hydrogens is 184 g/mol. The standard InChI is InChI=1S/C4H12N4O3S/c1-12(9,10)3-2-11-8-7-4(5)6/h8H,2-3H2,1H3,(H4,5,6,7). The average molecular weight is 196 g/mol. The Morgan fingerprint density at radius 2 is 2.25 bits per heavy atom. The van der Waals surface area contributed by atoms with Crippen molar-refractivity contribution in [3.63, 3.8) is 0 Å². The SMILES string of the molecule is CS(=O)(=O)CCONNC(=N)N. The van der Waals surface area contributed by atoms with Gasteiger partial charge in [0.25, 0.3) is 0 Å². The minimum atomic E-state index is -3.00. The fourth-order valence-electron chi connectivity index (χ4n) is 0.335. The first-order chi connectivity index (χ1) is 5.42. The molecule has 5 N–H and O–H groups in total. The van der Waals surface area contributed by atoms with Gasteiger partial charge in [0.1, 0.15) is 9.84 Å². The molecule has 12 heavy (non-hydrogen) atoms. The first-order valence-corrected chi connectivity index (χ1v) is 5.12. The Bertz CT molecular complexity index is 237. The molecule has 0 aromatic heterocycles. The van der Waals surface area contributed by atoms with Crippen molar-refractivity contribution in [2.45, 2.75) is 0 Å². The molecule has 72 valence electrons. The van der Waals surface area contributed by atoms with Crippen LogP contribution in [-0.2, 0) is 14.7 Å². The topological polar surface area (TPSA) is 117 Å². The molecule has 0 bridgehead atoms. The van der Waals surface area contributed by atoms with Crippen molar-refractivity contribution in [2.24, 2.45) is 5.73 Å². The number of sulfone groups is 1.